The summed E-state index contributed by atoms with van der Waals surface area (Å²) in [7, 11) is 0. The number of carbonyl (C=O) groups is 1. The van der Waals surface area contributed by atoms with Crippen molar-refractivity contribution in [2.24, 2.45) is 10.7 Å². The summed E-state index contributed by atoms with van der Waals surface area (Å²) < 4.78 is 0. The van der Waals surface area contributed by atoms with Crippen LogP contribution in [0.5, 0.6) is 0 Å². The zero-order chi connectivity index (χ0) is 7.40. The predicted octanol–water partition coefficient (Wildman–Crippen LogP) is -0.970. The minimum absolute atomic E-state index is 0.0361. The van der Waals surface area contributed by atoms with Crippen molar-refractivity contribution in [2.45, 2.75) is 0 Å². The lowest BCUT2D eigenvalue weighted by atomic mass is 10.2. The molecule has 4 heteroatoms. The molecule has 0 radical (unpaired) electrons. The number of nitrogens with two attached hydrogens (primary N) is 1. The third-order valence-electron chi connectivity index (χ3n) is 1.20. The van der Waals surface area contributed by atoms with Gasteiger partial charge in [-0.05, 0) is 0 Å². The highest BCUT2D eigenvalue weighted by molar-refractivity contribution is 6.41. The molecule has 0 aliphatic carbocycles. The summed E-state index contributed by atoms with van der Waals surface area (Å²) in [5.74, 6) is -0.100. The van der Waals surface area contributed by atoms with E-state index in [0.717, 1.165) is 0 Å². The van der Waals surface area contributed by atoms with Gasteiger partial charge in [-0.15, -0.1) is 0 Å². The van der Waals surface area contributed by atoms with E-state index >= 15 is 0 Å². The van der Waals surface area contributed by atoms with E-state index < -0.39 is 0 Å². The molecule has 0 aromatic rings. The van der Waals surface area contributed by atoms with Gasteiger partial charge in [-0.25, -0.2) is 0 Å². The van der Waals surface area contributed by atoms with E-state index in [1.165, 1.54) is 0 Å². The van der Waals surface area contributed by atoms with Crippen LogP contribution in [0.4, 0.5) is 0 Å². The van der Waals surface area contributed by atoms with E-state index in [0.29, 0.717) is 12.3 Å². The first-order chi connectivity index (χ1) is 4.84. The Bertz CT molecular complexity index is 195. The van der Waals surface area contributed by atoms with Crippen molar-refractivity contribution in [3.8, 4) is 0 Å². The molecule has 0 saturated heterocycles. The first kappa shape index (κ1) is 6.95. The van der Waals surface area contributed by atoms with Crippen molar-refractivity contribution in [2.75, 3.05) is 13.1 Å². The van der Waals surface area contributed by atoms with Gasteiger partial charge in [0, 0.05) is 12.4 Å². The molecule has 0 aromatic carbocycles. The van der Waals surface area contributed by atoms with Gasteiger partial charge >= 0.3 is 0 Å². The molecule has 1 aliphatic rings. The molecular weight excluding hydrogens is 130 g/mol. The van der Waals surface area contributed by atoms with Crippen LogP contribution in [0.2, 0.25) is 0 Å². The number of nitrogens with one attached hydrogen (secondary N) is 1. The second-order valence-corrected chi connectivity index (χ2v) is 1.90. The number of aliphatic imine (C=N–C) groups is 1. The zero-order valence-corrected chi connectivity index (χ0v) is 5.50. The highest BCUT2D eigenvalue weighted by atomic mass is 16.1. The Kier molecular flexibility index (Phi) is 2.17. The van der Waals surface area contributed by atoms with Gasteiger partial charge in [0.1, 0.15) is 5.71 Å². The maximum atomic E-state index is 10.8. The Labute approximate surface area is 58.8 Å². The van der Waals surface area contributed by atoms with Crippen molar-refractivity contribution in [1.82, 2.24) is 5.32 Å². The average molecular weight is 139 g/mol. The third-order valence-corrected chi connectivity index (χ3v) is 1.20. The maximum Gasteiger partial charge on any atom is 0.192 e. The van der Waals surface area contributed by atoms with E-state index in [4.69, 9.17) is 5.73 Å². The van der Waals surface area contributed by atoms with Gasteiger partial charge in [0.05, 0.1) is 13.1 Å². The molecular formula is C6H9N3O. The Morgan fingerprint density at radius 1 is 1.90 bits per heavy atom. The van der Waals surface area contributed by atoms with Crippen LogP contribution in [0.15, 0.2) is 17.4 Å². The number of hydrogen-bond donors (Lipinski definition) is 2. The lowest BCUT2D eigenvalue weighted by Gasteiger charge is -2.05. The number of Topliss-reactive ketones (excluding diaryl/α,β-unsaturated/α-hetero) is 1. The molecule has 3 N–H and O–H groups in total. The van der Waals surface area contributed by atoms with Crippen molar-refractivity contribution >= 4 is 11.5 Å². The second-order valence-electron chi connectivity index (χ2n) is 1.90. The van der Waals surface area contributed by atoms with Gasteiger partial charge in [-0.2, -0.15) is 0 Å². The van der Waals surface area contributed by atoms with E-state index in [1.54, 1.807) is 12.4 Å². The first-order valence-corrected chi connectivity index (χ1v) is 3.03. The highest BCUT2D eigenvalue weighted by Crippen LogP contribution is 1.87. The van der Waals surface area contributed by atoms with Crippen LogP contribution < -0.4 is 11.1 Å². The predicted molar refractivity (Wildman–Crippen MR) is 38.6 cm³/mol. The normalized spacial score (nSPS) is 15.9. The quantitative estimate of drug-likeness (QED) is 0.517. The summed E-state index contributed by atoms with van der Waals surface area (Å²) in [6, 6.07) is 0. The summed E-state index contributed by atoms with van der Waals surface area (Å²) in [6.45, 7) is 0.529. The van der Waals surface area contributed by atoms with E-state index in [9.17, 15) is 4.79 Å². The third kappa shape index (κ3) is 1.41. The van der Waals surface area contributed by atoms with E-state index in [2.05, 4.69) is 10.3 Å². The van der Waals surface area contributed by atoms with Crippen LogP contribution in [0.25, 0.3) is 0 Å². The average Bonchev–Trinajstić information content (AvgIpc) is 2.05. The summed E-state index contributed by atoms with van der Waals surface area (Å²) in [6.07, 6.45) is 3.24. The van der Waals surface area contributed by atoms with Crippen LogP contribution in [-0.4, -0.2) is 24.6 Å². The highest BCUT2D eigenvalue weighted by Gasteiger charge is 2.08. The fourth-order valence-corrected chi connectivity index (χ4v) is 0.670. The monoisotopic (exact) mass is 139 g/mol. The Morgan fingerprint density at radius 2 is 2.70 bits per heavy atom. The van der Waals surface area contributed by atoms with Crippen LogP contribution in [0.1, 0.15) is 0 Å². The molecule has 1 heterocycles. The minimum atomic E-state index is -0.100. The summed E-state index contributed by atoms with van der Waals surface area (Å²) in [4.78, 5) is 14.7. The molecule has 0 unspecified atom stereocenters. The Morgan fingerprint density at radius 3 is 3.20 bits per heavy atom. The van der Waals surface area contributed by atoms with Crippen LogP contribution in [0, 0.1) is 0 Å². The number of hydrogen-bond acceptors (Lipinski definition) is 4. The van der Waals surface area contributed by atoms with E-state index in [-0.39, 0.29) is 12.3 Å². The number of ketones is 1. The minimum Gasteiger partial charge on any atom is -0.384 e. The number of nitrogens with zero attached hydrogens (tertiary/aromatic N) is 1. The second kappa shape index (κ2) is 3.12. The Balaban J connectivity index is 2.62. The molecule has 4 nitrogen and oxygen atoms in total. The zero-order valence-electron chi connectivity index (χ0n) is 5.50. The largest absolute Gasteiger partial charge is 0.384 e. The Hall–Kier alpha value is -1.16. The summed E-state index contributed by atoms with van der Waals surface area (Å²) >= 11 is 0. The lowest BCUT2D eigenvalue weighted by molar-refractivity contribution is -0.111. The molecule has 0 bridgehead atoms. The van der Waals surface area contributed by atoms with Crippen molar-refractivity contribution < 1.29 is 4.79 Å². The molecule has 1 aliphatic heterocycles. The molecule has 54 valence electrons. The number of carbonyl (C=O) groups excluding carboxylic acids is 1. The molecule has 0 saturated carbocycles. The van der Waals surface area contributed by atoms with Gasteiger partial charge in [0.25, 0.3) is 0 Å². The van der Waals surface area contributed by atoms with Crippen molar-refractivity contribution in [3.05, 3.63) is 12.4 Å². The van der Waals surface area contributed by atoms with Gasteiger partial charge in [0.2, 0.25) is 0 Å². The molecule has 1 rings (SSSR count). The topological polar surface area (TPSA) is 67.5 Å². The fourth-order valence-electron chi connectivity index (χ4n) is 0.670. The van der Waals surface area contributed by atoms with Crippen LogP contribution in [-0.2, 0) is 4.79 Å². The van der Waals surface area contributed by atoms with Crippen molar-refractivity contribution in [1.29, 1.82) is 0 Å². The molecule has 0 spiro atoms. The van der Waals surface area contributed by atoms with Gasteiger partial charge < -0.3 is 11.1 Å². The molecule has 0 atom stereocenters. The molecule has 0 aromatic heterocycles. The van der Waals surface area contributed by atoms with Gasteiger partial charge in [0.15, 0.2) is 5.78 Å². The van der Waals surface area contributed by atoms with Crippen molar-refractivity contribution in [3.63, 3.8) is 0 Å². The van der Waals surface area contributed by atoms with Crippen LogP contribution in [0.3, 0.4) is 0 Å². The van der Waals surface area contributed by atoms with Crippen LogP contribution >= 0.6 is 0 Å². The van der Waals surface area contributed by atoms with Gasteiger partial charge in [-0.1, -0.05) is 0 Å². The SMILES string of the molecule is NCC(=O)C1=NC=CNC1. The summed E-state index contributed by atoms with van der Waals surface area (Å²) in [5, 5.41) is 2.86. The first-order valence-electron chi connectivity index (χ1n) is 3.03. The molecule has 10 heavy (non-hydrogen) atoms. The van der Waals surface area contributed by atoms with E-state index in [1.807, 2.05) is 0 Å². The smallest absolute Gasteiger partial charge is 0.192 e. The molecule has 0 amide bonds. The standard InChI is InChI=1S/C6H9N3O/c7-3-6(10)5-4-8-1-2-9-5/h1-2,8H,3-4,7H2. The fraction of sp³-hybridized carbons (Fsp3) is 0.333. The maximum absolute atomic E-state index is 10.8. The summed E-state index contributed by atoms with van der Waals surface area (Å²) in [5.41, 5.74) is 5.63. The molecule has 0 fully saturated rings. The van der Waals surface area contributed by atoms with Gasteiger partial charge in [-0.3, -0.25) is 9.79 Å². The number of rotatable bonds is 2. The lowest BCUT2D eigenvalue weighted by Crippen LogP contribution is -2.32.